The van der Waals surface area contributed by atoms with Gasteiger partial charge in [-0.3, -0.25) is 10.2 Å². The molecule has 1 amide bonds. The molecule has 72 valence electrons. The van der Waals surface area contributed by atoms with Crippen LogP contribution in [0.25, 0.3) is 10.1 Å². The van der Waals surface area contributed by atoms with E-state index in [9.17, 15) is 9.18 Å². The molecule has 14 heavy (non-hydrogen) atoms. The molecule has 0 radical (unpaired) electrons. The Bertz CT molecular complexity index is 495. The summed E-state index contributed by atoms with van der Waals surface area (Å²) in [7, 11) is 0. The molecule has 0 spiro atoms. The Morgan fingerprint density at radius 1 is 1.50 bits per heavy atom. The summed E-state index contributed by atoms with van der Waals surface area (Å²) in [6.45, 7) is 0. The van der Waals surface area contributed by atoms with Crippen LogP contribution in [0.3, 0.4) is 0 Å². The second-order valence-corrected chi connectivity index (χ2v) is 3.79. The summed E-state index contributed by atoms with van der Waals surface area (Å²) in [5.74, 6) is 4.26. The molecule has 1 aromatic heterocycles. The summed E-state index contributed by atoms with van der Waals surface area (Å²) in [4.78, 5) is 11.6. The lowest BCUT2D eigenvalue weighted by molar-refractivity contribution is 0.0958. The number of hydrogen-bond acceptors (Lipinski definition) is 3. The Hall–Kier alpha value is -1.46. The molecule has 0 atom stereocenters. The molecule has 3 N–H and O–H groups in total. The number of nitrogens with one attached hydrogen (secondary N) is 1. The van der Waals surface area contributed by atoms with Crippen molar-refractivity contribution in [3.8, 4) is 0 Å². The van der Waals surface area contributed by atoms with E-state index >= 15 is 0 Å². The maximum Gasteiger partial charge on any atom is 0.275 e. The predicted octanol–water partition coefficient (Wildman–Crippen LogP) is 1.64. The molecule has 0 aliphatic heterocycles. The molecule has 0 saturated carbocycles. The first-order valence-electron chi connectivity index (χ1n) is 3.91. The largest absolute Gasteiger partial charge is 0.289 e. The van der Waals surface area contributed by atoms with Gasteiger partial charge in [0.15, 0.2) is 0 Å². The number of amides is 1. The molecule has 5 heteroatoms. The zero-order valence-electron chi connectivity index (χ0n) is 7.08. The number of benzene rings is 1. The van der Waals surface area contributed by atoms with Crippen LogP contribution in [0.5, 0.6) is 0 Å². The Balaban J connectivity index is 2.62. The van der Waals surface area contributed by atoms with Crippen molar-refractivity contribution in [1.82, 2.24) is 5.43 Å². The number of hydrazine groups is 1. The van der Waals surface area contributed by atoms with Crippen molar-refractivity contribution >= 4 is 27.3 Å². The van der Waals surface area contributed by atoms with E-state index in [0.717, 1.165) is 11.3 Å². The van der Waals surface area contributed by atoms with E-state index in [1.807, 2.05) is 5.43 Å². The van der Waals surface area contributed by atoms with Crippen LogP contribution in [0.2, 0.25) is 0 Å². The third kappa shape index (κ3) is 1.36. The van der Waals surface area contributed by atoms with Crippen LogP contribution in [0.1, 0.15) is 9.67 Å². The molecule has 3 nitrogen and oxygen atoms in total. The molecule has 0 aliphatic rings. The molecular weight excluding hydrogens is 203 g/mol. The minimum Gasteiger partial charge on any atom is -0.289 e. The topological polar surface area (TPSA) is 55.1 Å². The third-order valence-electron chi connectivity index (χ3n) is 1.85. The Morgan fingerprint density at radius 3 is 2.93 bits per heavy atom. The monoisotopic (exact) mass is 210 g/mol. The smallest absolute Gasteiger partial charge is 0.275 e. The summed E-state index contributed by atoms with van der Waals surface area (Å²) in [6, 6.07) is 6.34. The third-order valence-corrected chi connectivity index (χ3v) is 3.01. The van der Waals surface area contributed by atoms with Crippen LogP contribution in [-0.2, 0) is 0 Å². The van der Waals surface area contributed by atoms with Crippen LogP contribution in [0.4, 0.5) is 4.39 Å². The van der Waals surface area contributed by atoms with Gasteiger partial charge in [0.1, 0.15) is 5.82 Å². The van der Waals surface area contributed by atoms with Gasteiger partial charge in [-0.15, -0.1) is 11.3 Å². The number of carbonyl (C=O) groups is 1. The highest BCUT2D eigenvalue weighted by Crippen LogP contribution is 2.27. The van der Waals surface area contributed by atoms with Crippen molar-refractivity contribution in [1.29, 1.82) is 0 Å². The molecule has 2 rings (SSSR count). The quantitative estimate of drug-likeness (QED) is 0.427. The van der Waals surface area contributed by atoms with E-state index in [-0.39, 0.29) is 5.82 Å². The number of fused-ring (bicyclic) bond motifs is 1. The molecule has 1 aromatic carbocycles. The molecular formula is C9H7FN2OS. The standard InChI is InChI=1S/C9H7FN2OS/c10-6-3-1-2-5-4-7(9(13)12-11)14-8(5)6/h1-4H,11H2,(H,12,13). The van der Waals surface area contributed by atoms with Crippen LogP contribution in [0.15, 0.2) is 24.3 Å². The average Bonchev–Trinajstić information content (AvgIpc) is 2.62. The lowest BCUT2D eigenvalue weighted by Gasteiger charge is -1.91. The predicted molar refractivity (Wildman–Crippen MR) is 53.4 cm³/mol. The van der Waals surface area contributed by atoms with Crippen molar-refractivity contribution < 1.29 is 9.18 Å². The van der Waals surface area contributed by atoms with Gasteiger partial charge in [-0.2, -0.15) is 0 Å². The molecule has 0 unspecified atom stereocenters. The van der Waals surface area contributed by atoms with E-state index in [4.69, 9.17) is 5.84 Å². The van der Waals surface area contributed by atoms with Gasteiger partial charge < -0.3 is 0 Å². The van der Waals surface area contributed by atoms with Gasteiger partial charge >= 0.3 is 0 Å². The summed E-state index contributed by atoms with van der Waals surface area (Å²) in [5, 5.41) is 0.716. The van der Waals surface area contributed by atoms with Crippen molar-refractivity contribution in [2.24, 2.45) is 5.84 Å². The van der Waals surface area contributed by atoms with Gasteiger partial charge in [0.2, 0.25) is 0 Å². The lowest BCUT2D eigenvalue weighted by Crippen LogP contribution is -2.29. The summed E-state index contributed by atoms with van der Waals surface area (Å²) in [5.41, 5.74) is 2.01. The highest BCUT2D eigenvalue weighted by atomic mass is 32.1. The van der Waals surface area contributed by atoms with Crippen molar-refractivity contribution in [2.75, 3.05) is 0 Å². The maximum atomic E-state index is 13.2. The fourth-order valence-corrected chi connectivity index (χ4v) is 2.18. The van der Waals surface area contributed by atoms with E-state index in [1.54, 1.807) is 18.2 Å². The first kappa shape index (κ1) is 9.11. The van der Waals surface area contributed by atoms with Gasteiger partial charge in [-0.25, -0.2) is 10.2 Å². The van der Waals surface area contributed by atoms with E-state index in [0.29, 0.717) is 15.0 Å². The lowest BCUT2D eigenvalue weighted by atomic mass is 10.2. The van der Waals surface area contributed by atoms with Crippen molar-refractivity contribution in [3.63, 3.8) is 0 Å². The molecule has 0 saturated heterocycles. The van der Waals surface area contributed by atoms with Gasteiger partial charge in [0.25, 0.3) is 5.91 Å². The number of nitrogen functional groups attached to an aromatic ring is 1. The highest BCUT2D eigenvalue weighted by Gasteiger charge is 2.10. The zero-order valence-corrected chi connectivity index (χ0v) is 7.90. The summed E-state index contributed by atoms with van der Waals surface area (Å²) in [6.07, 6.45) is 0. The minimum absolute atomic E-state index is 0.316. The molecule has 0 bridgehead atoms. The Labute approximate surface area is 83.3 Å². The highest BCUT2D eigenvalue weighted by molar-refractivity contribution is 7.20. The second-order valence-electron chi connectivity index (χ2n) is 2.74. The van der Waals surface area contributed by atoms with Gasteiger partial charge in [0, 0.05) is 0 Å². The van der Waals surface area contributed by atoms with Gasteiger partial charge in [0.05, 0.1) is 9.58 Å². The average molecular weight is 210 g/mol. The number of thiophene rings is 1. The second kappa shape index (κ2) is 3.36. The SMILES string of the molecule is NNC(=O)c1cc2cccc(F)c2s1. The van der Waals surface area contributed by atoms with Crippen LogP contribution < -0.4 is 11.3 Å². The van der Waals surface area contributed by atoms with E-state index in [1.165, 1.54) is 6.07 Å². The number of halogens is 1. The number of rotatable bonds is 1. The normalized spacial score (nSPS) is 10.4. The van der Waals surface area contributed by atoms with E-state index < -0.39 is 5.91 Å². The first-order chi connectivity index (χ1) is 6.72. The minimum atomic E-state index is -0.398. The van der Waals surface area contributed by atoms with E-state index in [2.05, 4.69) is 0 Å². The van der Waals surface area contributed by atoms with Gasteiger partial charge in [-0.1, -0.05) is 12.1 Å². The fraction of sp³-hybridized carbons (Fsp3) is 0. The number of carbonyl (C=O) groups excluding carboxylic acids is 1. The Morgan fingerprint density at radius 2 is 2.29 bits per heavy atom. The number of nitrogens with two attached hydrogens (primary N) is 1. The zero-order chi connectivity index (χ0) is 10.1. The molecule has 0 aliphatic carbocycles. The number of hydrogen-bond donors (Lipinski definition) is 2. The molecule has 0 fully saturated rings. The summed E-state index contributed by atoms with van der Waals surface area (Å²) < 4.78 is 13.7. The van der Waals surface area contributed by atoms with Crippen molar-refractivity contribution in [3.05, 3.63) is 35.0 Å². The first-order valence-corrected chi connectivity index (χ1v) is 4.73. The van der Waals surface area contributed by atoms with Crippen molar-refractivity contribution in [2.45, 2.75) is 0 Å². The summed E-state index contributed by atoms with van der Waals surface area (Å²) >= 11 is 1.09. The Kier molecular flexibility index (Phi) is 2.18. The van der Waals surface area contributed by atoms with Crippen LogP contribution >= 0.6 is 11.3 Å². The maximum absolute atomic E-state index is 13.2. The molecule has 1 heterocycles. The molecule has 2 aromatic rings. The van der Waals surface area contributed by atoms with Gasteiger partial charge in [-0.05, 0) is 17.5 Å². The van der Waals surface area contributed by atoms with Crippen LogP contribution in [-0.4, -0.2) is 5.91 Å². The van der Waals surface area contributed by atoms with Crippen LogP contribution in [0, 0.1) is 5.82 Å². The fourth-order valence-electron chi connectivity index (χ4n) is 1.21.